The first-order chi connectivity index (χ1) is 6.11. The lowest BCUT2D eigenvalue weighted by atomic mass is 9.99. The molecule has 0 aliphatic rings. The van der Waals surface area contributed by atoms with Gasteiger partial charge in [-0.25, -0.2) is 0 Å². The first-order valence-corrected chi connectivity index (χ1v) is 4.84. The highest BCUT2D eigenvalue weighted by Gasteiger charge is 2.10. The first kappa shape index (κ1) is 13.7. The van der Waals surface area contributed by atoms with E-state index in [1.165, 1.54) is 0 Å². The molecule has 0 aromatic carbocycles. The van der Waals surface area contributed by atoms with Crippen LogP contribution < -0.4 is 5.73 Å². The Balaban J connectivity index is 0.00000169. The summed E-state index contributed by atoms with van der Waals surface area (Å²) in [4.78, 5) is 3.92. The SMILES string of the molecule is CC(C)C[C@@H](N)c1ccncc1Cl.Cl. The summed E-state index contributed by atoms with van der Waals surface area (Å²) in [7, 11) is 0. The maximum Gasteiger partial charge on any atom is 0.0637 e. The minimum atomic E-state index is 0. The Hall–Kier alpha value is -0.310. The summed E-state index contributed by atoms with van der Waals surface area (Å²) in [5.74, 6) is 0.583. The van der Waals surface area contributed by atoms with Gasteiger partial charge in [0.05, 0.1) is 5.02 Å². The number of hydrogen-bond acceptors (Lipinski definition) is 2. The van der Waals surface area contributed by atoms with E-state index in [1.807, 2.05) is 6.07 Å². The van der Waals surface area contributed by atoms with E-state index in [9.17, 15) is 0 Å². The summed E-state index contributed by atoms with van der Waals surface area (Å²) in [6, 6.07) is 1.91. The molecule has 0 saturated heterocycles. The summed E-state index contributed by atoms with van der Waals surface area (Å²) < 4.78 is 0. The standard InChI is InChI=1S/C10H15ClN2.ClH/c1-7(2)5-10(12)8-3-4-13-6-9(8)11;/h3-4,6-7,10H,5,12H2,1-2H3;1H/t10-;/m1./s1. The Morgan fingerprint density at radius 1 is 1.50 bits per heavy atom. The van der Waals surface area contributed by atoms with Gasteiger partial charge < -0.3 is 5.73 Å². The highest BCUT2D eigenvalue weighted by Crippen LogP contribution is 2.24. The first-order valence-electron chi connectivity index (χ1n) is 4.46. The van der Waals surface area contributed by atoms with Crippen molar-refractivity contribution in [1.29, 1.82) is 0 Å². The second-order valence-electron chi connectivity index (χ2n) is 3.63. The van der Waals surface area contributed by atoms with Crippen LogP contribution in [-0.4, -0.2) is 4.98 Å². The molecule has 0 unspecified atom stereocenters. The second kappa shape index (κ2) is 6.23. The predicted molar refractivity (Wildman–Crippen MR) is 62.9 cm³/mol. The largest absolute Gasteiger partial charge is 0.324 e. The van der Waals surface area contributed by atoms with Gasteiger partial charge in [-0.05, 0) is 24.0 Å². The van der Waals surface area contributed by atoms with Crippen LogP contribution in [0, 0.1) is 5.92 Å². The van der Waals surface area contributed by atoms with Crippen LogP contribution in [-0.2, 0) is 0 Å². The van der Waals surface area contributed by atoms with Crippen molar-refractivity contribution in [2.45, 2.75) is 26.3 Å². The van der Waals surface area contributed by atoms with E-state index in [0.29, 0.717) is 10.9 Å². The summed E-state index contributed by atoms with van der Waals surface area (Å²) >= 11 is 5.96. The fourth-order valence-corrected chi connectivity index (χ4v) is 1.58. The van der Waals surface area contributed by atoms with Crippen molar-refractivity contribution in [2.75, 3.05) is 0 Å². The predicted octanol–water partition coefficient (Wildman–Crippen LogP) is 3.20. The molecule has 0 saturated carbocycles. The molecule has 2 nitrogen and oxygen atoms in total. The van der Waals surface area contributed by atoms with Crippen LogP contribution in [0.4, 0.5) is 0 Å². The lowest BCUT2D eigenvalue weighted by Crippen LogP contribution is -2.13. The van der Waals surface area contributed by atoms with Gasteiger partial charge >= 0.3 is 0 Å². The van der Waals surface area contributed by atoms with Crippen LogP contribution in [0.25, 0.3) is 0 Å². The lowest BCUT2D eigenvalue weighted by Gasteiger charge is -2.15. The summed E-state index contributed by atoms with van der Waals surface area (Å²) in [6.07, 6.45) is 4.31. The van der Waals surface area contributed by atoms with E-state index < -0.39 is 0 Å². The quantitative estimate of drug-likeness (QED) is 0.873. The third-order valence-electron chi connectivity index (χ3n) is 1.93. The van der Waals surface area contributed by atoms with Gasteiger partial charge in [-0.2, -0.15) is 0 Å². The molecular weight excluding hydrogens is 219 g/mol. The Morgan fingerprint density at radius 3 is 2.64 bits per heavy atom. The fourth-order valence-electron chi connectivity index (χ4n) is 1.32. The van der Waals surface area contributed by atoms with Crippen LogP contribution >= 0.6 is 24.0 Å². The number of nitrogens with two attached hydrogens (primary N) is 1. The number of hydrogen-bond donors (Lipinski definition) is 1. The number of nitrogens with zero attached hydrogens (tertiary/aromatic N) is 1. The molecule has 2 N–H and O–H groups in total. The minimum absolute atomic E-state index is 0. The lowest BCUT2D eigenvalue weighted by molar-refractivity contribution is 0.510. The van der Waals surface area contributed by atoms with Gasteiger partial charge in [0.25, 0.3) is 0 Å². The number of rotatable bonds is 3. The average molecular weight is 235 g/mol. The van der Waals surface area contributed by atoms with Crippen molar-refractivity contribution in [1.82, 2.24) is 4.98 Å². The van der Waals surface area contributed by atoms with Crippen molar-refractivity contribution in [3.63, 3.8) is 0 Å². The highest BCUT2D eigenvalue weighted by molar-refractivity contribution is 6.31. The van der Waals surface area contributed by atoms with Gasteiger partial charge in [0.2, 0.25) is 0 Å². The molecule has 4 heteroatoms. The molecule has 0 spiro atoms. The van der Waals surface area contributed by atoms with Gasteiger partial charge in [-0.1, -0.05) is 25.4 Å². The molecule has 0 fully saturated rings. The molecule has 0 bridgehead atoms. The normalized spacial score (nSPS) is 12.4. The molecule has 14 heavy (non-hydrogen) atoms. The number of halogens is 2. The third-order valence-corrected chi connectivity index (χ3v) is 2.24. The molecule has 80 valence electrons. The van der Waals surface area contributed by atoms with Crippen molar-refractivity contribution < 1.29 is 0 Å². The molecule has 1 rings (SSSR count). The molecule has 1 aromatic rings. The second-order valence-corrected chi connectivity index (χ2v) is 4.04. The topological polar surface area (TPSA) is 38.9 Å². The van der Waals surface area contributed by atoms with E-state index >= 15 is 0 Å². The molecule has 0 amide bonds. The van der Waals surface area contributed by atoms with Gasteiger partial charge in [-0.3, -0.25) is 4.98 Å². The zero-order valence-corrected chi connectivity index (χ0v) is 9.98. The molecule has 0 aliphatic heterocycles. The number of pyridine rings is 1. The van der Waals surface area contributed by atoms with Gasteiger partial charge in [0, 0.05) is 18.4 Å². The molecule has 1 heterocycles. The smallest absolute Gasteiger partial charge is 0.0637 e. The van der Waals surface area contributed by atoms with E-state index in [1.54, 1.807) is 12.4 Å². The Kier molecular flexibility index (Phi) is 6.09. The van der Waals surface area contributed by atoms with Crippen LogP contribution in [0.5, 0.6) is 0 Å². The van der Waals surface area contributed by atoms with Crippen molar-refractivity contribution in [3.05, 3.63) is 29.0 Å². The summed E-state index contributed by atoms with van der Waals surface area (Å²) in [5.41, 5.74) is 6.98. The molecule has 1 atom stereocenters. The average Bonchev–Trinajstić information content (AvgIpc) is 2.03. The van der Waals surface area contributed by atoms with Crippen LogP contribution in [0.15, 0.2) is 18.5 Å². The van der Waals surface area contributed by atoms with Crippen molar-refractivity contribution >= 4 is 24.0 Å². The van der Waals surface area contributed by atoms with Crippen molar-refractivity contribution in [3.8, 4) is 0 Å². The monoisotopic (exact) mass is 234 g/mol. The zero-order valence-electron chi connectivity index (χ0n) is 8.40. The summed E-state index contributed by atoms with van der Waals surface area (Å²) in [5, 5.41) is 0.663. The van der Waals surface area contributed by atoms with Crippen LogP contribution in [0.3, 0.4) is 0 Å². The molecule has 0 aliphatic carbocycles. The maximum atomic E-state index is 5.98. The van der Waals surface area contributed by atoms with E-state index in [2.05, 4.69) is 18.8 Å². The molecule has 1 aromatic heterocycles. The third kappa shape index (κ3) is 3.82. The van der Waals surface area contributed by atoms with E-state index in [-0.39, 0.29) is 18.4 Å². The van der Waals surface area contributed by atoms with Crippen molar-refractivity contribution in [2.24, 2.45) is 11.7 Å². The minimum Gasteiger partial charge on any atom is -0.324 e. The van der Waals surface area contributed by atoms with Gasteiger partial charge in [-0.15, -0.1) is 12.4 Å². The highest BCUT2D eigenvalue weighted by atomic mass is 35.5. The number of aromatic nitrogens is 1. The molecular formula is C10H16Cl2N2. The fraction of sp³-hybridized carbons (Fsp3) is 0.500. The van der Waals surface area contributed by atoms with Crippen LogP contribution in [0.1, 0.15) is 31.9 Å². The Morgan fingerprint density at radius 2 is 2.14 bits per heavy atom. The Bertz CT molecular complexity index is 277. The summed E-state index contributed by atoms with van der Waals surface area (Å²) in [6.45, 7) is 4.30. The van der Waals surface area contributed by atoms with Gasteiger partial charge in [0.15, 0.2) is 0 Å². The van der Waals surface area contributed by atoms with Gasteiger partial charge in [0.1, 0.15) is 0 Å². The maximum absolute atomic E-state index is 5.98. The van der Waals surface area contributed by atoms with Crippen LogP contribution in [0.2, 0.25) is 5.02 Å². The van der Waals surface area contributed by atoms with E-state index in [0.717, 1.165) is 12.0 Å². The molecule has 0 radical (unpaired) electrons. The zero-order chi connectivity index (χ0) is 9.84. The Labute approximate surface area is 96.3 Å². The van der Waals surface area contributed by atoms with E-state index in [4.69, 9.17) is 17.3 Å².